The summed E-state index contributed by atoms with van der Waals surface area (Å²) in [7, 11) is 0. The van der Waals surface area contributed by atoms with Crippen LogP contribution in [0.15, 0.2) is 24.3 Å². The topological polar surface area (TPSA) is 87.3 Å². The van der Waals surface area contributed by atoms with Gasteiger partial charge in [-0.05, 0) is 39.8 Å². The van der Waals surface area contributed by atoms with Crippen LogP contribution in [0.25, 0.3) is 11.3 Å². The van der Waals surface area contributed by atoms with Gasteiger partial charge in [-0.1, -0.05) is 17.7 Å². The van der Waals surface area contributed by atoms with Gasteiger partial charge in [0.15, 0.2) is 0 Å². The Morgan fingerprint density at radius 1 is 1.35 bits per heavy atom. The molecule has 122 valence electrons. The summed E-state index contributed by atoms with van der Waals surface area (Å²) in [5.74, 6) is 0. The van der Waals surface area contributed by atoms with Gasteiger partial charge in [-0.3, -0.25) is 10.1 Å². The number of hydrogen-bond acceptors (Lipinski definition) is 5. The Balaban J connectivity index is 2.40. The largest absolute Gasteiger partial charge is 0.442 e. The van der Waals surface area contributed by atoms with Crippen LogP contribution in [0.5, 0.6) is 0 Å². The maximum atomic E-state index is 12.1. The summed E-state index contributed by atoms with van der Waals surface area (Å²) < 4.78 is 6.39. The zero-order chi connectivity index (χ0) is 17.4. The molecular formula is C15H16ClN3O4. The van der Waals surface area contributed by atoms with Crippen LogP contribution in [0.1, 0.15) is 26.5 Å². The molecule has 0 fully saturated rings. The lowest BCUT2D eigenvalue weighted by Crippen LogP contribution is -2.28. The number of aryl methyl sites for hydroxylation is 1. The van der Waals surface area contributed by atoms with Crippen LogP contribution in [-0.2, 0) is 4.74 Å². The van der Waals surface area contributed by atoms with Crippen molar-refractivity contribution in [2.24, 2.45) is 0 Å². The summed E-state index contributed by atoms with van der Waals surface area (Å²) >= 11 is 5.80. The molecule has 0 spiro atoms. The first kappa shape index (κ1) is 17.0. The van der Waals surface area contributed by atoms with Crippen molar-refractivity contribution in [2.75, 3.05) is 0 Å². The number of ether oxygens (including phenoxy) is 1. The van der Waals surface area contributed by atoms with Crippen LogP contribution in [0.4, 0.5) is 10.5 Å². The molecule has 0 unspecified atom stereocenters. The van der Waals surface area contributed by atoms with E-state index in [1.165, 1.54) is 12.1 Å². The van der Waals surface area contributed by atoms with E-state index in [0.717, 1.165) is 4.68 Å². The average Bonchev–Trinajstić information content (AvgIpc) is 2.79. The van der Waals surface area contributed by atoms with E-state index in [4.69, 9.17) is 16.3 Å². The van der Waals surface area contributed by atoms with Gasteiger partial charge in [0.25, 0.3) is 5.69 Å². The lowest BCUT2D eigenvalue weighted by molar-refractivity contribution is -0.384. The Labute approximate surface area is 138 Å². The molecule has 1 heterocycles. The van der Waals surface area contributed by atoms with Gasteiger partial charge in [0.2, 0.25) is 0 Å². The van der Waals surface area contributed by atoms with E-state index in [0.29, 0.717) is 17.0 Å². The second kappa shape index (κ2) is 6.00. The van der Waals surface area contributed by atoms with Crippen molar-refractivity contribution < 1.29 is 14.5 Å². The van der Waals surface area contributed by atoms with Gasteiger partial charge in [0, 0.05) is 17.3 Å². The molecule has 7 nitrogen and oxygen atoms in total. The minimum atomic E-state index is -0.644. The zero-order valence-electron chi connectivity index (χ0n) is 13.2. The van der Waals surface area contributed by atoms with Crippen molar-refractivity contribution >= 4 is 23.4 Å². The first-order valence-corrected chi connectivity index (χ1v) is 7.20. The van der Waals surface area contributed by atoms with E-state index in [2.05, 4.69) is 5.10 Å². The summed E-state index contributed by atoms with van der Waals surface area (Å²) in [5.41, 5.74) is 0.620. The monoisotopic (exact) mass is 337 g/mol. The molecule has 0 saturated heterocycles. The summed E-state index contributed by atoms with van der Waals surface area (Å²) in [4.78, 5) is 22.5. The first-order chi connectivity index (χ1) is 10.6. The first-order valence-electron chi connectivity index (χ1n) is 6.83. The van der Waals surface area contributed by atoms with E-state index >= 15 is 0 Å². The van der Waals surface area contributed by atoms with Crippen molar-refractivity contribution in [3.05, 3.63) is 45.1 Å². The smallest absolute Gasteiger partial charge is 0.435 e. The Bertz CT molecular complexity index is 778. The Morgan fingerprint density at radius 2 is 2.00 bits per heavy atom. The number of nitro benzene ring substituents is 1. The van der Waals surface area contributed by atoms with E-state index in [1.54, 1.807) is 39.8 Å². The number of nitrogens with zero attached hydrogens (tertiary/aromatic N) is 3. The van der Waals surface area contributed by atoms with Crippen molar-refractivity contribution in [2.45, 2.75) is 33.3 Å². The molecule has 1 aromatic carbocycles. The molecule has 0 radical (unpaired) electrons. The number of aromatic nitrogens is 2. The van der Waals surface area contributed by atoms with E-state index in [-0.39, 0.29) is 10.7 Å². The summed E-state index contributed by atoms with van der Waals surface area (Å²) in [6, 6.07) is 6.01. The molecule has 0 aliphatic heterocycles. The van der Waals surface area contributed by atoms with Crippen molar-refractivity contribution in [1.29, 1.82) is 0 Å². The lowest BCUT2D eigenvalue weighted by Gasteiger charge is -2.19. The highest BCUT2D eigenvalue weighted by atomic mass is 35.5. The van der Waals surface area contributed by atoms with E-state index in [1.807, 2.05) is 0 Å². The Hall–Kier alpha value is -2.41. The molecular weight excluding hydrogens is 322 g/mol. The lowest BCUT2D eigenvalue weighted by atomic mass is 10.1. The molecule has 8 heteroatoms. The number of rotatable bonds is 2. The van der Waals surface area contributed by atoms with Gasteiger partial charge in [-0.2, -0.15) is 9.78 Å². The van der Waals surface area contributed by atoms with Crippen LogP contribution in [0, 0.1) is 17.0 Å². The maximum Gasteiger partial charge on any atom is 0.435 e. The maximum absolute atomic E-state index is 12.1. The second-order valence-electron chi connectivity index (χ2n) is 5.99. The van der Waals surface area contributed by atoms with Crippen LogP contribution in [0.2, 0.25) is 5.02 Å². The molecule has 0 aliphatic rings. The zero-order valence-corrected chi connectivity index (χ0v) is 13.9. The van der Waals surface area contributed by atoms with Gasteiger partial charge in [0.05, 0.1) is 10.6 Å². The van der Waals surface area contributed by atoms with Crippen molar-refractivity contribution in [1.82, 2.24) is 9.78 Å². The van der Waals surface area contributed by atoms with Gasteiger partial charge in [0.1, 0.15) is 10.6 Å². The molecule has 0 aliphatic carbocycles. The predicted molar refractivity (Wildman–Crippen MR) is 85.7 cm³/mol. The number of halogens is 1. The number of nitro groups is 1. The van der Waals surface area contributed by atoms with Gasteiger partial charge in [-0.25, -0.2) is 4.79 Å². The molecule has 0 N–H and O–H groups in total. The molecule has 0 amide bonds. The molecule has 23 heavy (non-hydrogen) atoms. The SMILES string of the molecule is Cc1cc(-c2ccc(Cl)c([N+](=O)[O-])c2)nn1C(=O)OC(C)(C)C. The quantitative estimate of drug-likeness (QED) is 0.605. The molecule has 0 bridgehead atoms. The minimum absolute atomic E-state index is 0.0436. The summed E-state index contributed by atoms with van der Waals surface area (Å²) in [6.07, 6.45) is -0.607. The van der Waals surface area contributed by atoms with Crippen LogP contribution in [0.3, 0.4) is 0 Å². The van der Waals surface area contributed by atoms with E-state index < -0.39 is 16.6 Å². The Morgan fingerprint density at radius 3 is 2.57 bits per heavy atom. The number of carbonyl (C=O) groups excluding carboxylic acids is 1. The van der Waals surface area contributed by atoms with Crippen LogP contribution >= 0.6 is 11.6 Å². The predicted octanol–water partition coefficient (Wildman–Crippen LogP) is 4.20. The molecule has 0 saturated carbocycles. The van der Waals surface area contributed by atoms with Gasteiger partial charge in [-0.15, -0.1) is 0 Å². The fourth-order valence-corrected chi connectivity index (χ4v) is 2.10. The highest BCUT2D eigenvalue weighted by Gasteiger charge is 2.21. The minimum Gasteiger partial charge on any atom is -0.442 e. The fourth-order valence-electron chi connectivity index (χ4n) is 1.92. The summed E-state index contributed by atoms with van der Waals surface area (Å²) in [5, 5.41) is 15.2. The molecule has 2 aromatic rings. The van der Waals surface area contributed by atoms with Crippen molar-refractivity contribution in [3.63, 3.8) is 0 Å². The molecule has 2 rings (SSSR count). The third-order valence-corrected chi connectivity index (χ3v) is 3.21. The Kier molecular flexibility index (Phi) is 4.42. The second-order valence-corrected chi connectivity index (χ2v) is 6.39. The molecule has 1 aromatic heterocycles. The normalized spacial score (nSPS) is 11.3. The van der Waals surface area contributed by atoms with Crippen LogP contribution < -0.4 is 0 Å². The summed E-state index contributed by atoms with van der Waals surface area (Å²) in [6.45, 7) is 6.97. The number of benzene rings is 1. The standard InChI is InChI=1S/C15H16ClN3O4/c1-9-7-12(17-18(9)14(20)23-15(2,3)4)10-5-6-11(16)13(8-10)19(21)22/h5-8H,1-4H3. The highest BCUT2D eigenvalue weighted by Crippen LogP contribution is 2.30. The fraction of sp³-hybridized carbons (Fsp3) is 0.333. The molecule has 0 atom stereocenters. The third-order valence-electron chi connectivity index (χ3n) is 2.89. The van der Waals surface area contributed by atoms with Gasteiger partial charge >= 0.3 is 6.09 Å². The number of carbonyl (C=O) groups is 1. The highest BCUT2D eigenvalue weighted by molar-refractivity contribution is 6.32. The van der Waals surface area contributed by atoms with Gasteiger partial charge < -0.3 is 4.74 Å². The van der Waals surface area contributed by atoms with Crippen LogP contribution in [-0.4, -0.2) is 26.4 Å². The van der Waals surface area contributed by atoms with Crippen molar-refractivity contribution in [3.8, 4) is 11.3 Å². The number of hydrogen-bond donors (Lipinski definition) is 0. The third kappa shape index (κ3) is 3.87. The van der Waals surface area contributed by atoms with E-state index in [9.17, 15) is 14.9 Å². The average molecular weight is 338 g/mol.